The van der Waals surface area contributed by atoms with Crippen LogP contribution in [-0.4, -0.2) is 0 Å². The molecule has 0 atom stereocenters. The molecule has 0 aliphatic carbocycles. The van der Waals surface area contributed by atoms with Crippen LogP contribution < -0.4 is 4.90 Å². The van der Waals surface area contributed by atoms with Gasteiger partial charge in [0.1, 0.15) is 22.3 Å². The highest BCUT2D eigenvalue weighted by atomic mass is 16.3. The summed E-state index contributed by atoms with van der Waals surface area (Å²) in [6.45, 7) is 0. The monoisotopic (exact) mass is 805 g/mol. The van der Waals surface area contributed by atoms with Gasteiger partial charge in [-0.3, -0.25) is 0 Å². The zero-order valence-electron chi connectivity index (χ0n) is 34.3. The summed E-state index contributed by atoms with van der Waals surface area (Å²) in [5.41, 5.74) is 18.2. The van der Waals surface area contributed by atoms with E-state index < -0.39 is 0 Å². The van der Waals surface area contributed by atoms with E-state index in [0.29, 0.717) is 0 Å². The summed E-state index contributed by atoms with van der Waals surface area (Å²) < 4.78 is 13.3. The topological polar surface area (TPSA) is 29.5 Å². The quantitative estimate of drug-likeness (QED) is 0.153. The van der Waals surface area contributed by atoms with Crippen molar-refractivity contribution in [2.75, 3.05) is 4.90 Å². The summed E-state index contributed by atoms with van der Waals surface area (Å²) in [5, 5.41) is 4.14. The van der Waals surface area contributed by atoms with Gasteiger partial charge in [0.05, 0.1) is 11.1 Å². The van der Waals surface area contributed by atoms with Crippen LogP contribution in [0, 0.1) is 0 Å². The Labute approximate surface area is 365 Å². The average Bonchev–Trinajstić information content (AvgIpc) is 3.92. The molecule has 12 aromatic rings. The molecule has 3 heteroatoms. The van der Waals surface area contributed by atoms with Crippen LogP contribution in [0.1, 0.15) is 0 Å². The fourth-order valence-electron chi connectivity index (χ4n) is 9.08. The van der Waals surface area contributed by atoms with Gasteiger partial charge in [0.25, 0.3) is 0 Å². The molecule has 2 aromatic heterocycles. The molecule has 10 aromatic carbocycles. The fourth-order valence-corrected chi connectivity index (χ4v) is 9.08. The van der Waals surface area contributed by atoms with E-state index in [1.165, 1.54) is 38.9 Å². The van der Waals surface area contributed by atoms with E-state index >= 15 is 0 Å². The molecule has 0 unspecified atom stereocenters. The smallest absolute Gasteiger partial charge is 0.137 e. The summed E-state index contributed by atoms with van der Waals surface area (Å²) in [7, 11) is 0. The van der Waals surface area contributed by atoms with Crippen molar-refractivity contribution in [3.63, 3.8) is 0 Å². The minimum absolute atomic E-state index is 0.819. The van der Waals surface area contributed by atoms with Crippen LogP contribution in [0.5, 0.6) is 0 Å². The predicted octanol–water partition coefficient (Wildman–Crippen LogP) is 17.3. The minimum atomic E-state index is 0.819. The number of hydrogen-bond acceptors (Lipinski definition) is 3. The highest BCUT2D eigenvalue weighted by molar-refractivity contribution is 6.19. The fraction of sp³-hybridized carbons (Fsp3) is 0. The molecule has 63 heavy (non-hydrogen) atoms. The lowest BCUT2D eigenvalue weighted by atomic mass is 9.99. The third-order valence-corrected chi connectivity index (χ3v) is 12.3. The molecule has 0 N–H and O–H groups in total. The van der Waals surface area contributed by atoms with Crippen LogP contribution >= 0.6 is 0 Å². The minimum Gasteiger partial charge on any atom is -0.456 e. The number of anilines is 3. The standard InChI is InChI=1S/C60H39NO2/c1-4-11-40(12-5-1)43-19-23-45(24-20-43)47-27-32-50(33-28-47)61(51-34-29-48(30-35-51)46-25-21-44(22-26-46)41-13-6-2-7-14-41)55-17-10-18-57-60(55)54-39-58-53(38-59(54)63-57)52-37-49(31-36-56(52)62-58)42-15-8-3-9-16-42/h1-39H. The van der Waals surface area contributed by atoms with E-state index in [4.69, 9.17) is 8.83 Å². The van der Waals surface area contributed by atoms with Crippen molar-refractivity contribution < 1.29 is 8.83 Å². The first kappa shape index (κ1) is 36.5. The van der Waals surface area contributed by atoms with Gasteiger partial charge in [-0.1, -0.05) is 176 Å². The highest BCUT2D eigenvalue weighted by Gasteiger charge is 2.21. The predicted molar refractivity (Wildman–Crippen MR) is 263 cm³/mol. The molecule has 0 fully saturated rings. The maximum atomic E-state index is 6.73. The van der Waals surface area contributed by atoms with Gasteiger partial charge in [0.15, 0.2) is 0 Å². The van der Waals surface area contributed by atoms with Crippen LogP contribution in [0.2, 0.25) is 0 Å². The Kier molecular flexibility index (Phi) is 8.83. The summed E-state index contributed by atoms with van der Waals surface area (Å²) >= 11 is 0. The summed E-state index contributed by atoms with van der Waals surface area (Å²) in [6.07, 6.45) is 0. The first-order chi connectivity index (χ1) is 31.2. The maximum Gasteiger partial charge on any atom is 0.137 e. The largest absolute Gasteiger partial charge is 0.456 e. The van der Waals surface area contributed by atoms with Gasteiger partial charge in [-0.2, -0.15) is 0 Å². The second-order valence-corrected chi connectivity index (χ2v) is 16.1. The Morgan fingerprint density at radius 3 is 1.10 bits per heavy atom. The second kappa shape index (κ2) is 15.3. The number of furan rings is 2. The molecule has 2 heterocycles. The number of fused-ring (bicyclic) bond motifs is 6. The SMILES string of the molecule is c1ccc(-c2ccc(-c3ccc(N(c4ccc(-c5ccc(-c6ccccc6)cc5)cc4)c4cccc5oc6cc7c(cc6c45)oc4ccc(-c5ccccc5)cc47)cc3)cc2)cc1. The average molecular weight is 806 g/mol. The van der Waals surface area contributed by atoms with Gasteiger partial charge < -0.3 is 13.7 Å². The van der Waals surface area contributed by atoms with Gasteiger partial charge in [0, 0.05) is 27.5 Å². The van der Waals surface area contributed by atoms with Crippen LogP contribution in [0.15, 0.2) is 245 Å². The lowest BCUT2D eigenvalue weighted by molar-refractivity contribution is 0.664. The number of rotatable bonds is 8. The zero-order chi connectivity index (χ0) is 41.7. The molecule has 296 valence electrons. The number of hydrogen-bond donors (Lipinski definition) is 0. The molecule has 0 aliphatic heterocycles. The van der Waals surface area contributed by atoms with Crippen molar-refractivity contribution in [3.05, 3.63) is 237 Å². The van der Waals surface area contributed by atoms with E-state index in [1.54, 1.807) is 0 Å². The highest BCUT2D eigenvalue weighted by Crippen LogP contribution is 2.45. The first-order valence-corrected chi connectivity index (χ1v) is 21.4. The Morgan fingerprint density at radius 2 is 0.603 bits per heavy atom. The molecule has 0 spiro atoms. The van der Waals surface area contributed by atoms with E-state index in [1.807, 2.05) is 6.07 Å². The molecule has 3 nitrogen and oxygen atoms in total. The molecule has 0 saturated heterocycles. The first-order valence-electron chi connectivity index (χ1n) is 21.4. The molecular weight excluding hydrogens is 767 g/mol. The van der Waals surface area contributed by atoms with Crippen LogP contribution in [0.4, 0.5) is 17.1 Å². The number of nitrogens with zero attached hydrogens (tertiary/aromatic N) is 1. The molecular formula is C60H39NO2. The van der Waals surface area contributed by atoms with Gasteiger partial charge >= 0.3 is 0 Å². The van der Waals surface area contributed by atoms with E-state index in [2.05, 4.69) is 235 Å². The van der Waals surface area contributed by atoms with E-state index in [9.17, 15) is 0 Å². The molecule has 0 aliphatic rings. The molecule has 0 bridgehead atoms. The van der Waals surface area contributed by atoms with Gasteiger partial charge in [-0.15, -0.1) is 0 Å². The Morgan fingerprint density at radius 1 is 0.238 bits per heavy atom. The second-order valence-electron chi connectivity index (χ2n) is 16.1. The molecule has 12 rings (SSSR count). The summed E-state index contributed by atoms with van der Waals surface area (Å²) in [6, 6.07) is 84.0. The Hall–Kier alpha value is -8.40. The lowest BCUT2D eigenvalue weighted by Crippen LogP contribution is -2.10. The Bertz CT molecular complexity index is 3430. The van der Waals surface area contributed by atoms with E-state index in [-0.39, 0.29) is 0 Å². The van der Waals surface area contributed by atoms with Crippen molar-refractivity contribution in [2.24, 2.45) is 0 Å². The molecule has 0 radical (unpaired) electrons. The van der Waals surface area contributed by atoms with Gasteiger partial charge in [-0.25, -0.2) is 0 Å². The maximum absolute atomic E-state index is 6.73. The van der Waals surface area contributed by atoms with Crippen LogP contribution in [0.25, 0.3) is 99.5 Å². The summed E-state index contributed by atoms with van der Waals surface area (Å²) in [5.74, 6) is 0. The van der Waals surface area contributed by atoms with Crippen LogP contribution in [-0.2, 0) is 0 Å². The van der Waals surface area contributed by atoms with E-state index in [0.717, 1.165) is 77.6 Å². The third-order valence-electron chi connectivity index (χ3n) is 12.3. The van der Waals surface area contributed by atoms with Crippen molar-refractivity contribution in [3.8, 4) is 55.6 Å². The molecule has 0 amide bonds. The Balaban J connectivity index is 0.963. The van der Waals surface area contributed by atoms with Crippen molar-refractivity contribution >= 4 is 60.9 Å². The van der Waals surface area contributed by atoms with Gasteiger partial charge in [-0.05, 0) is 116 Å². The van der Waals surface area contributed by atoms with Gasteiger partial charge in [0.2, 0.25) is 0 Å². The van der Waals surface area contributed by atoms with Crippen molar-refractivity contribution in [2.45, 2.75) is 0 Å². The number of benzene rings is 10. The summed E-state index contributed by atoms with van der Waals surface area (Å²) in [4.78, 5) is 2.34. The zero-order valence-corrected chi connectivity index (χ0v) is 34.3. The van der Waals surface area contributed by atoms with Crippen molar-refractivity contribution in [1.82, 2.24) is 0 Å². The van der Waals surface area contributed by atoms with Crippen molar-refractivity contribution in [1.29, 1.82) is 0 Å². The normalized spacial score (nSPS) is 11.5. The molecule has 0 saturated carbocycles. The van der Waals surface area contributed by atoms with Crippen LogP contribution in [0.3, 0.4) is 0 Å². The third kappa shape index (κ3) is 6.64. The lowest BCUT2D eigenvalue weighted by Gasteiger charge is -2.26.